The van der Waals surface area contributed by atoms with Crippen LogP contribution in [-0.2, 0) is 14.3 Å². The molecule has 0 aromatic heterocycles. The Labute approximate surface area is 182 Å². The fraction of sp³-hybridized carbons (Fsp3) is 0.700. The van der Waals surface area contributed by atoms with Gasteiger partial charge in [0.1, 0.15) is 11.6 Å². The first-order chi connectivity index (χ1) is 14.5. The molecule has 2 aliphatic heterocycles. The zero-order chi connectivity index (χ0) is 23.3. The maximum atomic E-state index is 13.0. The number of nitrogens with zero attached hydrogens (tertiary/aromatic N) is 3. The Hall–Kier alpha value is -2.98. The van der Waals surface area contributed by atoms with Crippen LogP contribution in [-0.4, -0.2) is 90.1 Å². The third kappa shape index (κ3) is 6.02. The van der Waals surface area contributed by atoms with Crippen molar-refractivity contribution in [3.05, 3.63) is 12.4 Å². The zero-order valence-corrected chi connectivity index (χ0v) is 18.8. The van der Waals surface area contributed by atoms with Gasteiger partial charge in [0.25, 0.3) is 0 Å². The van der Waals surface area contributed by atoms with E-state index >= 15 is 0 Å². The highest BCUT2D eigenvalue weighted by Crippen LogP contribution is 2.32. The van der Waals surface area contributed by atoms with E-state index in [4.69, 9.17) is 10.5 Å². The van der Waals surface area contributed by atoms with Crippen molar-refractivity contribution in [2.75, 3.05) is 39.8 Å². The molecule has 31 heavy (non-hydrogen) atoms. The van der Waals surface area contributed by atoms with E-state index in [9.17, 15) is 19.2 Å². The topological polar surface area (TPSA) is 137 Å². The van der Waals surface area contributed by atoms with Gasteiger partial charge in [-0.15, -0.1) is 0 Å². The Morgan fingerprint density at radius 3 is 2.26 bits per heavy atom. The van der Waals surface area contributed by atoms with Gasteiger partial charge in [-0.1, -0.05) is 6.58 Å². The second-order valence-electron chi connectivity index (χ2n) is 8.71. The first kappa shape index (κ1) is 24.3. The normalized spacial score (nSPS) is 21.3. The number of hydrogen-bond acceptors (Lipinski definition) is 7. The number of urea groups is 1. The molecule has 2 heterocycles. The lowest BCUT2D eigenvalue weighted by molar-refractivity contribution is -0.158. The molecular formula is C20H34N6O5. The Bertz CT molecular complexity index is 726. The van der Waals surface area contributed by atoms with Gasteiger partial charge in [0.15, 0.2) is 0 Å². The quantitative estimate of drug-likeness (QED) is 0.393. The number of likely N-dealkylation sites (tertiary alicyclic amines) is 1. The fourth-order valence-corrected chi connectivity index (χ4v) is 3.62. The molecule has 5 amide bonds. The minimum atomic E-state index is -0.838. The van der Waals surface area contributed by atoms with Crippen molar-refractivity contribution >= 4 is 23.9 Å². The SMILES string of the molecule is C=C(N)NCCC[C@H]1C(=O)N(C(=O)N2CCN(C(=O)OC(C)(C)C)CC2)C1C(=O)NC. The van der Waals surface area contributed by atoms with Gasteiger partial charge in [-0.25, -0.2) is 9.59 Å². The van der Waals surface area contributed by atoms with E-state index in [2.05, 4.69) is 17.2 Å². The van der Waals surface area contributed by atoms with E-state index in [1.54, 1.807) is 20.8 Å². The molecule has 0 spiro atoms. The average Bonchev–Trinajstić information content (AvgIpc) is 2.69. The lowest BCUT2D eigenvalue weighted by Gasteiger charge is -2.47. The Morgan fingerprint density at radius 1 is 1.16 bits per heavy atom. The standard InChI is InChI=1S/C20H34N6O5/c1-13(21)23-8-6-7-14-15(16(27)22-5)26(17(14)28)18(29)24-9-11-25(12-10-24)19(30)31-20(2,3)4/h14-15,23H,1,6-12,21H2,2-5H3,(H,22,27)/t14-,15?/m1/s1. The minimum Gasteiger partial charge on any atom is -0.444 e. The maximum absolute atomic E-state index is 13.0. The van der Waals surface area contributed by atoms with Crippen molar-refractivity contribution in [1.82, 2.24) is 25.3 Å². The van der Waals surface area contributed by atoms with Crippen LogP contribution in [0.4, 0.5) is 9.59 Å². The third-order valence-electron chi connectivity index (χ3n) is 5.18. The van der Waals surface area contributed by atoms with Gasteiger partial charge in [-0.2, -0.15) is 0 Å². The maximum Gasteiger partial charge on any atom is 0.410 e. The molecule has 0 bridgehead atoms. The van der Waals surface area contributed by atoms with Gasteiger partial charge < -0.3 is 30.9 Å². The van der Waals surface area contributed by atoms with Crippen LogP contribution in [0, 0.1) is 5.92 Å². The van der Waals surface area contributed by atoms with Crippen LogP contribution in [0.25, 0.3) is 0 Å². The summed E-state index contributed by atoms with van der Waals surface area (Å²) in [5.74, 6) is -0.953. The van der Waals surface area contributed by atoms with Gasteiger partial charge in [-0.05, 0) is 33.6 Å². The molecule has 2 aliphatic rings. The predicted molar refractivity (Wildman–Crippen MR) is 114 cm³/mol. The number of nitrogens with two attached hydrogens (primary N) is 1. The van der Waals surface area contributed by atoms with Crippen LogP contribution in [0.3, 0.4) is 0 Å². The second kappa shape index (κ2) is 9.88. The van der Waals surface area contributed by atoms with Crippen molar-refractivity contribution in [1.29, 1.82) is 0 Å². The first-order valence-corrected chi connectivity index (χ1v) is 10.5. The zero-order valence-electron chi connectivity index (χ0n) is 18.8. The molecule has 2 fully saturated rings. The van der Waals surface area contributed by atoms with Gasteiger partial charge in [0.2, 0.25) is 11.8 Å². The Kier molecular flexibility index (Phi) is 7.75. The van der Waals surface area contributed by atoms with Crippen molar-refractivity contribution in [3.63, 3.8) is 0 Å². The lowest BCUT2D eigenvalue weighted by Crippen LogP contribution is -2.70. The molecular weight excluding hydrogens is 404 g/mol. The van der Waals surface area contributed by atoms with E-state index in [1.807, 2.05) is 0 Å². The molecule has 0 aromatic carbocycles. The van der Waals surface area contributed by atoms with Crippen LogP contribution in [0.1, 0.15) is 33.6 Å². The van der Waals surface area contributed by atoms with Crippen molar-refractivity contribution in [2.24, 2.45) is 11.7 Å². The molecule has 11 nitrogen and oxygen atoms in total. The summed E-state index contributed by atoms with van der Waals surface area (Å²) in [4.78, 5) is 54.3. The van der Waals surface area contributed by atoms with E-state index in [1.165, 1.54) is 16.8 Å². The van der Waals surface area contributed by atoms with Gasteiger partial charge >= 0.3 is 12.1 Å². The third-order valence-corrected chi connectivity index (χ3v) is 5.18. The van der Waals surface area contributed by atoms with E-state index in [0.29, 0.717) is 38.3 Å². The van der Waals surface area contributed by atoms with Crippen LogP contribution >= 0.6 is 0 Å². The molecule has 11 heteroatoms. The highest BCUT2D eigenvalue weighted by atomic mass is 16.6. The monoisotopic (exact) mass is 438 g/mol. The number of amides is 5. The molecule has 0 aliphatic carbocycles. The van der Waals surface area contributed by atoms with Gasteiger partial charge in [0, 0.05) is 39.8 Å². The van der Waals surface area contributed by atoms with Crippen LogP contribution in [0.2, 0.25) is 0 Å². The smallest absolute Gasteiger partial charge is 0.410 e. The molecule has 0 aromatic rings. The number of β-lactam (4-membered cyclic amide) rings is 1. The van der Waals surface area contributed by atoms with Crippen LogP contribution < -0.4 is 16.4 Å². The summed E-state index contributed by atoms with van der Waals surface area (Å²) >= 11 is 0. The molecule has 2 saturated heterocycles. The second-order valence-corrected chi connectivity index (χ2v) is 8.71. The molecule has 2 atom stereocenters. The van der Waals surface area contributed by atoms with Crippen molar-refractivity contribution in [2.45, 2.75) is 45.3 Å². The van der Waals surface area contributed by atoms with Crippen LogP contribution in [0.15, 0.2) is 12.4 Å². The number of piperazine rings is 1. The van der Waals surface area contributed by atoms with E-state index < -0.39 is 29.7 Å². The number of rotatable bonds is 6. The average molecular weight is 439 g/mol. The lowest BCUT2D eigenvalue weighted by atomic mass is 9.83. The van der Waals surface area contributed by atoms with E-state index in [0.717, 1.165) is 4.90 Å². The summed E-state index contributed by atoms with van der Waals surface area (Å²) < 4.78 is 5.36. The summed E-state index contributed by atoms with van der Waals surface area (Å²) in [6.07, 6.45) is 0.626. The number of hydrogen-bond donors (Lipinski definition) is 3. The summed E-state index contributed by atoms with van der Waals surface area (Å²) in [6, 6.07) is -1.35. The fourth-order valence-electron chi connectivity index (χ4n) is 3.62. The molecule has 174 valence electrons. The first-order valence-electron chi connectivity index (χ1n) is 10.5. The summed E-state index contributed by atoms with van der Waals surface area (Å²) in [5, 5.41) is 5.41. The summed E-state index contributed by atoms with van der Waals surface area (Å²) in [6.45, 7) is 10.6. The molecule has 1 unspecified atom stereocenters. The molecule has 0 radical (unpaired) electrons. The van der Waals surface area contributed by atoms with E-state index in [-0.39, 0.29) is 24.9 Å². The predicted octanol–water partition coefficient (Wildman–Crippen LogP) is 0.0318. The largest absolute Gasteiger partial charge is 0.444 e. The Morgan fingerprint density at radius 2 is 1.74 bits per heavy atom. The molecule has 0 saturated carbocycles. The van der Waals surface area contributed by atoms with Gasteiger partial charge in [-0.3, -0.25) is 14.5 Å². The molecule has 4 N–H and O–H groups in total. The highest BCUT2D eigenvalue weighted by Gasteiger charge is 2.54. The number of carbonyl (C=O) groups excluding carboxylic acids is 4. The number of likely N-dealkylation sites (N-methyl/N-ethyl adjacent to an activating group) is 1. The van der Waals surface area contributed by atoms with Crippen LogP contribution in [0.5, 0.6) is 0 Å². The summed E-state index contributed by atoms with van der Waals surface area (Å²) in [7, 11) is 1.48. The summed E-state index contributed by atoms with van der Waals surface area (Å²) in [5.41, 5.74) is 4.86. The van der Waals surface area contributed by atoms with Gasteiger partial charge in [0.05, 0.1) is 11.7 Å². The highest BCUT2D eigenvalue weighted by molar-refractivity contribution is 6.08. The Balaban J connectivity index is 1.94. The number of nitrogens with one attached hydrogen (secondary N) is 2. The number of ether oxygens (including phenoxy) is 1. The van der Waals surface area contributed by atoms with Crippen molar-refractivity contribution < 1.29 is 23.9 Å². The number of carbonyl (C=O) groups is 4. The number of imide groups is 1. The van der Waals surface area contributed by atoms with Crippen molar-refractivity contribution in [3.8, 4) is 0 Å². The molecule has 2 rings (SSSR count). The minimum absolute atomic E-state index is 0.259.